The monoisotopic (exact) mass is 503 g/mol. The van der Waals surface area contributed by atoms with Crippen molar-refractivity contribution in [3.63, 3.8) is 0 Å². The standard InChI is InChI=1S/C26H22ClN5O2S/c1-15-17(14-31(3)30-15)13-21-25(34)32-23(19-11-7-8-12-20(19)27)22(16(2)28-26(32)35-21)24(33)29-18-9-5-4-6-10-18/h4-14,23H,1-3H3,(H,29,33). The molecule has 0 saturated heterocycles. The zero-order chi connectivity index (χ0) is 24.7. The molecule has 176 valence electrons. The van der Waals surface area contributed by atoms with Gasteiger partial charge in [0, 0.05) is 29.5 Å². The van der Waals surface area contributed by atoms with Crippen LogP contribution in [0, 0.1) is 6.92 Å². The molecule has 1 aliphatic heterocycles. The third-order valence-corrected chi connectivity index (χ3v) is 7.16. The summed E-state index contributed by atoms with van der Waals surface area (Å²) >= 11 is 7.88. The number of thiazole rings is 1. The van der Waals surface area contributed by atoms with E-state index < -0.39 is 6.04 Å². The summed E-state index contributed by atoms with van der Waals surface area (Å²) in [4.78, 5) is 32.4. The summed E-state index contributed by atoms with van der Waals surface area (Å²) in [6, 6.07) is 15.7. The third kappa shape index (κ3) is 4.26. The first kappa shape index (κ1) is 23.0. The van der Waals surface area contributed by atoms with E-state index in [4.69, 9.17) is 11.6 Å². The van der Waals surface area contributed by atoms with Crippen LogP contribution in [0.4, 0.5) is 5.69 Å². The highest BCUT2D eigenvalue weighted by Gasteiger charge is 2.33. The van der Waals surface area contributed by atoms with E-state index in [0.717, 1.165) is 11.3 Å². The molecule has 2 aromatic carbocycles. The number of nitrogens with zero attached hydrogens (tertiary/aromatic N) is 4. The lowest BCUT2D eigenvalue weighted by Gasteiger charge is -2.26. The van der Waals surface area contributed by atoms with Crippen molar-refractivity contribution in [2.24, 2.45) is 12.0 Å². The molecule has 1 N–H and O–H groups in total. The number of benzene rings is 2. The van der Waals surface area contributed by atoms with E-state index in [-0.39, 0.29) is 11.5 Å². The summed E-state index contributed by atoms with van der Waals surface area (Å²) in [6.07, 6.45) is 3.68. The summed E-state index contributed by atoms with van der Waals surface area (Å²) in [5.41, 5.74) is 3.66. The number of rotatable bonds is 4. The van der Waals surface area contributed by atoms with Crippen LogP contribution in [0.2, 0.25) is 5.02 Å². The molecule has 0 fully saturated rings. The maximum Gasteiger partial charge on any atom is 0.271 e. The number of hydrogen-bond acceptors (Lipinski definition) is 5. The van der Waals surface area contributed by atoms with Gasteiger partial charge in [-0.05, 0) is 43.7 Å². The molecule has 0 aliphatic carbocycles. The van der Waals surface area contributed by atoms with Gasteiger partial charge in [-0.2, -0.15) is 5.10 Å². The van der Waals surface area contributed by atoms with Crippen LogP contribution >= 0.6 is 22.9 Å². The SMILES string of the molecule is CC1=C(C(=O)Nc2ccccc2)C(c2ccccc2Cl)n2c(sc(=Cc3cn(C)nc3C)c2=O)=N1. The summed E-state index contributed by atoms with van der Waals surface area (Å²) in [6.45, 7) is 3.68. The van der Waals surface area contributed by atoms with Gasteiger partial charge < -0.3 is 5.32 Å². The number of para-hydroxylation sites is 1. The summed E-state index contributed by atoms with van der Waals surface area (Å²) < 4.78 is 3.78. The van der Waals surface area contributed by atoms with Crippen molar-refractivity contribution in [3.8, 4) is 0 Å². The van der Waals surface area contributed by atoms with Gasteiger partial charge in [-0.25, -0.2) is 4.99 Å². The molecule has 0 bridgehead atoms. The molecule has 4 aromatic rings. The fourth-order valence-corrected chi connectivity index (χ4v) is 5.50. The van der Waals surface area contributed by atoms with E-state index in [0.29, 0.717) is 36.9 Å². The Morgan fingerprint density at radius 2 is 1.83 bits per heavy atom. The topological polar surface area (TPSA) is 81.3 Å². The molecule has 0 spiro atoms. The number of amides is 1. The molecule has 0 saturated carbocycles. The van der Waals surface area contributed by atoms with Crippen LogP contribution in [0.15, 0.2) is 81.9 Å². The quantitative estimate of drug-likeness (QED) is 0.462. The summed E-state index contributed by atoms with van der Waals surface area (Å²) in [7, 11) is 1.84. The maximum atomic E-state index is 13.7. The molecule has 1 unspecified atom stereocenters. The average molecular weight is 504 g/mol. The molecule has 3 heterocycles. The van der Waals surface area contributed by atoms with Crippen molar-refractivity contribution >= 4 is 40.6 Å². The predicted molar refractivity (Wildman–Crippen MR) is 138 cm³/mol. The number of hydrogen-bond donors (Lipinski definition) is 1. The van der Waals surface area contributed by atoms with Crippen LogP contribution in [0.1, 0.15) is 29.8 Å². The number of anilines is 1. The third-order valence-electron chi connectivity index (χ3n) is 5.84. The van der Waals surface area contributed by atoms with Crippen LogP contribution in [-0.4, -0.2) is 20.3 Å². The molecule has 1 amide bonds. The van der Waals surface area contributed by atoms with Gasteiger partial charge in [0.25, 0.3) is 11.5 Å². The van der Waals surface area contributed by atoms with Crippen molar-refractivity contribution in [1.82, 2.24) is 14.3 Å². The number of halogens is 1. The van der Waals surface area contributed by atoms with E-state index >= 15 is 0 Å². The zero-order valence-electron chi connectivity index (χ0n) is 19.3. The first-order valence-corrected chi connectivity index (χ1v) is 12.2. The second kappa shape index (κ2) is 9.13. The Balaban J connectivity index is 1.71. The normalized spacial score (nSPS) is 15.7. The van der Waals surface area contributed by atoms with E-state index in [1.165, 1.54) is 11.3 Å². The lowest BCUT2D eigenvalue weighted by molar-refractivity contribution is -0.113. The fraction of sp³-hybridized carbons (Fsp3) is 0.154. The largest absolute Gasteiger partial charge is 0.322 e. The van der Waals surface area contributed by atoms with Crippen LogP contribution in [-0.2, 0) is 11.8 Å². The first-order chi connectivity index (χ1) is 16.8. The van der Waals surface area contributed by atoms with E-state index in [1.54, 1.807) is 22.2 Å². The van der Waals surface area contributed by atoms with Gasteiger partial charge in [-0.1, -0.05) is 59.3 Å². The van der Waals surface area contributed by atoms with Crippen molar-refractivity contribution in [2.75, 3.05) is 5.32 Å². The Labute approximate surface area is 210 Å². The lowest BCUT2D eigenvalue weighted by atomic mass is 9.95. The number of aromatic nitrogens is 3. The number of fused-ring (bicyclic) bond motifs is 1. The molecule has 9 heteroatoms. The number of carbonyl (C=O) groups excluding carboxylic acids is 1. The molecule has 5 rings (SSSR count). The predicted octanol–water partition coefficient (Wildman–Crippen LogP) is 3.57. The van der Waals surface area contributed by atoms with Crippen LogP contribution in [0.25, 0.3) is 6.08 Å². The molecular weight excluding hydrogens is 482 g/mol. The Bertz CT molecular complexity index is 1660. The van der Waals surface area contributed by atoms with Gasteiger partial charge in [0.1, 0.15) is 0 Å². The summed E-state index contributed by atoms with van der Waals surface area (Å²) in [5.74, 6) is -0.334. The van der Waals surface area contributed by atoms with Crippen LogP contribution in [0.5, 0.6) is 0 Å². The average Bonchev–Trinajstić information content (AvgIpc) is 3.31. The summed E-state index contributed by atoms with van der Waals surface area (Å²) in [5, 5.41) is 7.76. The molecular formula is C26H22ClN5O2S. The lowest BCUT2D eigenvalue weighted by Crippen LogP contribution is -2.40. The number of nitrogens with one attached hydrogen (secondary N) is 1. The number of allylic oxidation sites excluding steroid dienone is 1. The van der Waals surface area contributed by atoms with Gasteiger partial charge in [0.2, 0.25) is 0 Å². The fourth-order valence-electron chi connectivity index (χ4n) is 4.22. The second-order valence-electron chi connectivity index (χ2n) is 8.27. The maximum absolute atomic E-state index is 13.7. The zero-order valence-corrected chi connectivity index (χ0v) is 20.9. The second-order valence-corrected chi connectivity index (χ2v) is 9.68. The van der Waals surface area contributed by atoms with E-state index in [1.807, 2.05) is 74.8 Å². The Kier molecular flexibility index (Phi) is 6.00. The molecule has 1 atom stereocenters. The molecule has 7 nitrogen and oxygen atoms in total. The highest BCUT2D eigenvalue weighted by Crippen LogP contribution is 2.34. The van der Waals surface area contributed by atoms with Gasteiger partial charge >= 0.3 is 0 Å². The number of carbonyl (C=O) groups is 1. The van der Waals surface area contributed by atoms with Crippen molar-refractivity contribution < 1.29 is 4.79 Å². The Morgan fingerprint density at radius 3 is 2.51 bits per heavy atom. The molecule has 1 aliphatic rings. The molecule has 2 aromatic heterocycles. The minimum absolute atomic E-state index is 0.237. The van der Waals surface area contributed by atoms with Gasteiger partial charge in [-0.15, -0.1) is 0 Å². The van der Waals surface area contributed by atoms with E-state index in [2.05, 4.69) is 15.4 Å². The Morgan fingerprint density at radius 1 is 1.11 bits per heavy atom. The smallest absolute Gasteiger partial charge is 0.271 e. The van der Waals surface area contributed by atoms with E-state index in [9.17, 15) is 9.59 Å². The van der Waals surface area contributed by atoms with Crippen molar-refractivity contribution in [1.29, 1.82) is 0 Å². The van der Waals surface area contributed by atoms with Crippen molar-refractivity contribution in [3.05, 3.63) is 114 Å². The highest BCUT2D eigenvalue weighted by molar-refractivity contribution is 7.07. The van der Waals surface area contributed by atoms with Crippen LogP contribution in [0.3, 0.4) is 0 Å². The number of aryl methyl sites for hydroxylation is 2. The Hall–Kier alpha value is -3.75. The minimum atomic E-state index is -0.721. The van der Waals surface area contributed by atoms with Crippen molar-refractivity contribution in [2.45, 2.75) is 19.9 Å². The molecule has 35 heavy (non-hydrogen) atoms. The first-order valence-electron chi connectivity index (χ1n) is 11.0. The van der Waals surface area contributed by atoms with Gasteiger partial charge in [0.05, 0.1) is 27.5 Å². The highest BCUT2D eigenvalue weighted by atomic mass is 35.5. The van der Waals surface area contributed by atoms with Gasteiger partial charge in [0.15, 0.2) is 4.80 Å². The van der Waals surface area contributed by atoms with Crippen LogP contribution < -0.4 is 20.2 Å². The minimum Gasteiger partial charge on any atom is -0.322 e. The molecule has 0 radical (unpaired) electrons. The van der Waals surface area contributed by atoms with Gasteiger partial charge in [-0.3, -0.25) is 18.8 Å².